The number of hydrogen-bond donors (Lipinski definition) is 2. The molecule has 2 heterocycles. The zero-order chi connectivity index (χ0) is 19.6. The summed E-state index contributed by atoms with van der Waals surface area (Å²) in [6.45, 7) is 0. The molecule has 4 aromatic rings. The van der Waals surface area contributed by atoms with Gasteiger partial charge in [0, 0.05) is 23.6 Å². The van der Waals surface area contributed by atoms with Gasteiger partial charge in [-0.2, -0.15) is 13.2 Å². The van der Waals surface area contributed by atoms with Crippen LogP contribution in [0.2, 0.25) is 0 Å². The molecule has 9 heteroatoms. The summed E-state index contributed by atoms with van der Waals surface area (Å²) in [6, 6.07) is 15.8. The highest BCUT2D eigenvalue weighted by Crippen LogP contribution is 2.22. The Bertz CT molecular complexity index is 1110. The maximum Gasteiger partial charge on any atom is 0.490 e. The summed E-state index contributed by atoms with van der Waals surface area (Å²) in [6.07, 6.45) is -1.18. The van der Waals surface area contributed by atoms with Crippen LogP contribution in [0.15, 0.2) is 60.9 Å². The molecule has 4 rings (SSSR count). The molecule has 0 bridgehead atoms. The molecule has 2 aromatic carbocycles. The third kappa shape index (κ3) is 3.97. The molecule has 0 atom stereocenters. The molecule has 3 N–H and O–H groups in total. The largest absolute Gasteiger partial charge is 0.490 e. The number of nitrogens with two attached hydrogens (primary N) is 1. The maximum absolute atomic E-state index is 10.6. The summed E-state index contributed by atoms with van der Waals surface area (Å²) in [5.74, 6) is -2.04. The maximum atomic E-state index is 10.6. The fourth-order valence-corrected chi connectivity index (χ4v) is 2.37. The average molecular weight is 374 g/mol. The van der Waals surface area contributed by atoms with E-state index in [0.717, 1.165) is 27.8 Å². The first kappa shape index (κ1) is 18.2. The monoisotopic (exact) mass is 374 g/mol. The molecular weight excluding hydrogens is 361 g/mol. The fourth-order valence-electron chi connectivity index (χ4n) is 2.37. The average Bonchev–Trinajstić information content (AvgIpc) is 3.00. The Hall–Kier alpha value is -3.62. The first-order chi connectivity index (χ1) is 12.8. The van der Waals surface area contributed by atoms with Crippen LogP contribution in [-0.4, -0.2) is 31.6 Å². The zero-order valence-corrected chi connectivity index (χ0v) is 13.7. The van der Waals surface area contributed by atoms with Gasteiger partial charge in [-0.05, 0) is 29.8 Å². The number of alkyl halides is 3. The van der Waals surface area contributed by atoms with Gasteiger partial charge in [-0.25, -0.2) is 14.8 Å². The van der Waals surface area contributed by atoms with Crippen LogP contribution >= 0.6 is 0 Å². The number of fused-ring (bicyclic) bond motifs is 3. The van der Waals surface area contributed by atoms with Gasteiger partial charge in [0.15, 0.2) is 0 Å². The van der Waals surface area contributed by atoms with Gasteiger partial charge in [-0.15, -0.1) is 0 Å². The quantitative estimate of drug-likeness (QED) is 0.495. The van der Waals surface area contributed by atoms with Crippen molar-refractivity contribution in [2.24, 2.45) is 0 Å². The van der Waals surface area contributed by atoms with Crippen molar-refractivity contribution < 1.29 is 23.1 Å². The molecule has 0 saturated heterocycles. The minimum atomic E-state index is -5.08. The van der Waals surface area contributed by atoms with Crippen molar-refractivity contribution in [2.75, 3.05) is 5.73 Å². The topological polar surface area (TPSA) is 93.5 Å². The number of benzene rings is 2. The molecular formula is C18H13F3N4O2. The number of nitrogens with zero attached hydrogens (tertiary/aromatic N) is 3. The minimum Gasteiger partial charge on any atom is -0.475 e. The number of anilines is 1. The van der Waals surface area contributed by atoms with Crippen LogP contribution in [0.1, 0.15) is 0 Å². The van der Waals surface area contributed by atoms with Crippen molar-refractivity contribution >= 4 is 28.5 Å². The van der Waals surface area contributed by atoms with E-state index in [1.165, 1.54) is 0 Å². The first-order valence-electron chi connectivity index (χ1n) is 7.64. The summed E-state index contributed by atoms with van der Waals surface area (Å²) in [5, 5.41) is 7.12. The molecule has 0 aliphatic carbocycles. The zero-order valence-electron chi connectivity index (χ0n) is 13.7. The number of rotatable bonds is 1. The van der Waals surface area contributed by atoms with E-state index in [1.807, 2.05) is 59.1 Å². The Kier molecular flexibility index (Phi) is 4.68. The number of aliphatic carboxylic acids is 1. The second kappa shape index (κ2) is 6.94. The van der Waals surface area contributed by atoms with Crippen molar-refractivity contribution in [3.8, 4) is 11.1 Å². The highest BCUT2D eigenvalue weighted by Gasteiger charge is 2.38. The third-order valence-electron chi connectivity index (χ3n) is 3.65. The lowest BCUT2D eigenvalue weighted by atomic mass is 10.1. The van der Waals surface area contributed by atoms with E-state index in [1.54, 1.807) is 0 Å². The number of carbonyl (C=O) groups is 1. The molecule has 0 unspecified atom stereocenters. The van der Waals surface area contributed by atoms with Crippen LogP contribution in [0.25, 0.3) is 27.9 Å². The summed E-state index contributed by atoms with van der Waals surface area (Å²) < 4.78 is 33.8. The van der Waals surface area contributed by atoms with Crippen LogP contribution in [0.3, 0.4) is 0 Å². The molecule has 6 nitrogen and oxygen atoms in total. The molecule has 2 aromatic heterocycles. The highest BCUT2D eigenvalue weighted by atomic mass is 19.4. The number of imidazole rings is 1. The van der Waals surface area contributed by atoms with Crippen molar-refractivity contribution in [3.05, 3.63) is 60.9 Å². The second-order valence-electron chi connectivity index (χ2n) is 5.54. The standard InChI is InChI=1S/C16H12N4.C2HF3O2/c17-13-7-5-11(6-8-13)12-9-18-16-19-14-3-1-2-4-15(14)20(16)10-12;3-2(4,5)1(6)7/h1-10H,17H2;(H,6,7). The number of halogens is 3. The normalized spacial score (nSPS) is 11.2. The lowest BCUT2D eigenvalue weighted by molar-refractivity contribution is -0.192. The number of aromatic nitrogens is 3. The Morgan fingerprint density at radius 2 is 1.67 bits per heavy atom. The smallest absolute Gasteiger partial charge is 0.475 e. The summed E-state index contributed by atoms with van der Waals surface area (Å²) in [7, 11) is 0. The van der Waals surface area contributed by atoms with Gasteiger partial charge < -0.3 is 10.8 Å². The van der Waals surface area contributed by atoms with Gasteiger partial charge in [0.2, 0.25) is 5.78 Å². The summed E-state index contributed by atoms with van der Waals surface area (Å²) in [4.78, 5) is 17.8. The van der Waals surface area contributed by atoms with Crippen LogP contribution in [0.5, 0.6) is 0 Å². The first-order valence-corrected chi connectivity index (χ1v) is 7.64. The molecule has 0 fully saturated rings. The van der Waals surface area contributed by atoms with E-state index >= 15 is 0 Å². The second-order valence-corrected chi connectivity index (χ2v) is 5.54. The van der Waals surface area contributed by atoms with Crippen molar-refractivity contribution in [3.63, 3.8) is 0 Å². The summed E-state index contributed by atoms with van der Waals surface area (Å²) >= 11 is 0. The van der Waals surface area contributed by atoms with E-state index in [-0.39, 0.29) is 0 Å². The molecule has 0 spiro atoms. The van der Waals surface area contributed by atoms with E-state index < -0.39 is 12.1 Å². The fraction of sp³-hybridized carbons (Fsp3) is 0.0556. The van der Waals surface area contributed by atoms with E-state index in [2.05, 4.69) is 16.2 Å². The Morgan fingerprint density at radius 3 is 2.30 bits per heavy atom. The Labute approximate surface area is 150 Å². The van der Waals surface area contributed by atoms with Gasteiger partial charge >= 0.3 is 12.1 Å². The molecule has 0 saturated carbocycles. The van der Waals surface area contributed by atoms with E-state index in [0.29, 0.717) is 5.78 Å². The predicted octanol–water partition coefficient (Wildman–Crippen LogP) is 3.77. The SMILES string of the molecule is Nc1ccc(-c2cnc3nc4ccccc4n3c2)cc1.O=C(O)C(F)(F)F. The van der Waals surface area contributed by atoms with Crippen LogP contribution < -0.4 is 5.73 Å². The van der Waals surface area contributed by atoms with Gasteiger partial charge in [-0.3, -0.25) is 4.40 Å². The number of carboxylic acids is 1. The predicted molar refractivity (Wildman–Crippen MR) is 94.0 cm³/mol. The van der Waals surface area contributed by atoms with Gasteiger partial charge in [0.1, 0.15) is 0 Å². The molecule has 0 aliphatic rings. The minimum absolute atomic E-state index is 0.713. The Balaban J connectivity index is 0.000000260. The van der Waals surface area contributed by atoms with Crippen LogP contribution in [0, 0.1) is 0 Å². The van der Waals surface area contributed by atoms with Crippen LogP contribution in [0.4, 0.5) is 18.9 Å². The van der Waals surface area contributed by atoms with Gasteiger partial charge in [-0.1, -0.05) is 24.3 Å². The molecule has 138 valence electrons. The number of hydrogen-bond acceptors (Lipinski definition) is 4. The Morgan fingerprint density at radius 1 is 1.04 bits per heavy atom. The molecule has 0 radical (unpaired) electrons. The molecule has 27 heavy (non-hydrogen) atoms. The lowest BCUT2D eigenvalue weighted by Gasteiger charge is -2.03. The van der Waals surface area contributed by atoms with Crippen molar-refractivity contribution in [1.29, 1.82) is 0 Å². The number of nitrogen functional groups attached to an aromatic ring is 1. The van der Waals surface area contributed by atoms with Gasteiger partial charge in [0.25, 0.3) is 0 Å². The van der Waals surface area contributed by atoms with Crippen LogP contribution in [-0.2, 0) is 4.79 Å². The highest BCUT2D eigenvalue weighted by molar-refractivity contribution is 5.80. The lowest BCUT2D eigenvalue weighted by Crippen LogP contribution is -2.21. The molecule has 0 aliphatic heterocycles. The number of para-hydroxylation sites is 2. The van der Waals surface area contributed by atoms with Crippen molar-refractivity contribution in [1.82, 2.24) is 14.4 Å². The number of carboxylic acid groups (broad SMARTS) is 1. The van der Waals surface area contributed by atoms with E-state index in [9.17, 15) is 13.2 Å². The van der Waals surface area contributed by atoms with Gasteiger partial charge in [0.05, 0.1) is 11.0 Å². The van der Waals surface area contributed by atoms with E-state index in [4.69, 9.17) is 15.6 Å². The third-order valence-corrected chi connectivity index (χ3v) is 3.65. The molecule has 0 amide bonds. The van der Waals surface area contributed by atoms with Crippen molar-refractivity contribution in [2.45, 2.75) is 6.18 Å². The summed E-state index contributed by atoms with van der Waals surface area (Å²) in [5.41, 5.74) is 10.6.